The molecular formula is C15H17N3S. The standard InChI is InChI=1S/C15H17N3S/c1-12-7-15(10-17(12)14-4-6-19-9-14)5-2-3-13-8-16-11-18(13)15/h4,6,8-9,11H,1-3,5,7,10H2. The fourth-order valence-electron chi connectivity index (χ4n) is 3.60. The van der Waals surface area contributed by atoms with Gasteiger partial charge in [0.15, 0.2) is 0 Å². The van der Waals surface area contributed by atoms with Gasteiger partial charge in [-0.3, -0.25) is 0 Å². The second-order valence-corrected chi connectivity index (χ2v) is 6.42. The Morgan fingerprint density at radius 3 is 3.21 bits per heavy atom. The lowest BCUT2D eigenvalue weighted by Crippen LogP contribution is -2.40. The summed E-state index contributed by atoms with van der Waals surface area (Å²) in [5.74, 6) is 0. The summed E-state index contributed by atoms with van der Waals surface area (Å²) < 4.78 is 2.41. The van der Waals surface area contributed by atoms with E-state index >= 15 is 0 Å². The first-order valence-corrected chi connectivity index (χ1v) is 7.72. The Labute approximate surface area is 117 Å². The molecule has 1 fully saturated rings. The normalized spacial score (nSPS) is 26.1. The average molecular weight is 271 g/mol. The Kier molecular flexibility index (Phi) is 2.36. The zero-order chi connectivity index (χ0) is 12.9. The number of nitrogens with zero attached hydrogens (tertiary/aromatic N) is 3. The molecule has 0 amide bonds. The third kappa shape index (κ3) is 1.59. The highest BCUT2D eigenvalue weighted by Crippen LogP contribution is 2.44. The van der Waals surface area contributed by atoms with Crippen molar-refractivity contribution in [2.24, 2.45) is 0 Å². The van der Waals surface area contributed by atoms with Gasteiger partial charge >= 0.3 is 0 Å². The molecule has 0 radical (unpaired) electrons. The molecule has 4 heteroatoms. The number of rotatable bonds is 1. The van der Waals surface area contributed by atoms with Crippen LogP contribution in [0.5, 0.6) is 0 Å². The number of aromatic nitrogens is 2. The summed E-state index contributed by atoms with van der Waals surface area (Å²) in [5.41, 5.74) is 4.09. The number of imidazole rings is 1. The number of hydrogen-bond donors (Lipinski definition) is 0. The monoisotopic (exact) mass is 271 g/mol. The minimum Gasteiger partial charge on any atom is -0.343 e. The summed E-state index contributed by atoms with van der Waals surface area (Å²) in [6, 6.07) is 2.19. The molecule has 2 aliphatic rings. The van der Waals surface area contributed by atoms with Gasteiger partial charge in [0.2, 0.25) is 0 Å². The SMILES string of the molecule is C=C1CC2(CCCc3cncn32)CN1c1ccsc1. The van der Waals surface area contributed by atoms with Crippen LogP contribution in [0.4, 0.5) is 5.69 Å². The predicted molar refractivity (Wildman–Crippen MR) is 78.6 cm³/mol. The highest BCUT2D eigenvalue weighted by atomic mass is 32.1. The molecular weight excluding hydrogens is 254 g/mol. The van der Waals surface area contributed by atoms with E-state index < -0.39 is 0 Å². The van der Waals surface area contributed by atoms with Crippen LogP contribution in [0.15, 0.2) is 41.6 Å². The molecule has 1 saturated heterocycles. The Bertz CT molecular complexity index is 613. The molecule has 19 heavy (non-hydrogen) atoms. The largest absolute Gasteiger partial charge is 0.343 e. The molecule has 4 rings (SSSR count). The second kappa shape index (κ2) is 3.97. The number of fused-ring (bicyclic) bond motifs is 2. The molecule has 2 aromatic heterocycles. The quantitative estimate of drug-likeness (QED) is 0.792. The number of aryl methyl sites for hydroxylation is 1. The van der Waals surface area contributed by atoms with E-state index in [-0.39, 0.29) is 5.54 Å². The minimum absolute atomic E-state index is 0.184. The van der Waals surface area contributed by atoms with Crippen LogP contribution in [0.2, 0.25) is 0 Å². The van der Waals surface area contributed by atoms with Crippen molar-refractivity contribution in [3.8, 4) is 0 Å². The highest BCUT2D eigenvalue weighted by molar-refractivity contribution is 7.08. The lowest BCUT2D eigenvalue weighted by atomic mass is 9.87. The van der Waals surface area contributed by atoms with Crippen molar-refractivity contribution in [3.05, 3.63) is 47.3 Å². The Balaban J connectivity index is 1.74. The van der Waals surface area contributed by atoms with Crippen LogP contribution in [0.1, 0.15) is 25.0 Å². The van der Waals surface area contributed by atoms with Crippen molar-refractivity contribution in [2.45, 2.75) is 31.2 Å². The van der Waals surface area contributed by atoms with Gasteiger partial charge in [-0.1, -0.05) is 6.58 Å². The fraction of sp³-hybridized carbons (Fsp3) is 0.400. The van der Waals surface area contributed by atoms with E-state index in [1.165, 1.54) is 29.9 Å². The molecule has 98 valence electrons. The van der Waals surface area contributed by atoms with Gasteiger partial charge in [0.25, 0.3) is 0 Å². The molecule has 0 aromatic carbocycles. The third-order valence-corrected chi connectivity index (χ3v) is 5.16. The molecule has 1 atom stereocenters. The number of thiophene rings is 1. The predicted octanol–water partition coefficient (Wildman–Crippen LogP) is 3.40. The van der Waals surface area contributed by atoms with Crippen molar-refractivity contribution in [2.75, 3.05) is 11.4 Å². The fourth-order valence-corrected chi connectivity index (χ4v) is 4.25. The first-order chi connectivity index (χ1) is 9.28. The van der Waals surface area contributed by atoms with Gasteiger partial charge in [0, 0.05) is 35.9 Å². The summed E-state index contributed by atoms with van der Waals surface area (Å²) in [5, 5.41) is 4.35. The maximum absolute atomic E-state index is 4.35. The van der Waals surface area contributed by atoms with Gasteiger partial charge in [-0.05, 0) is 30.7 Å². The molecule has 0 aliphatic carbocycles. The van der Waals surface area contributed by atoms with Crippen LogP contribution >= 0.6 is 11.3 Å². The molecule has 1 unspecified atom stereocenters. The van der Waals surface area contributed by atoms with Crippen LogP contribution in [0.3, 0.4) is 0 Å². The highest BCUT2D eigenvalue weighted by Gasteiger charge is 2.44. The average Bonchev–Trinajstić information content (AvgIpc) is 3.10. The van der Waals surface area contributed by atoms with Gasteiger partial charge < -0.3 is 9.47 Å². The third-order valence-electron chi connectivity index (χ3n) is 4.49. The first-order valence-electron chi connectivity index (χ1n) is 6.78. The van der Waals surface area contributed by atoms with Crippen LogP contribution in [0.25, 0.3) is 0 Å². The summed E-state index contributed by atoms with van der Waals surface area (Å²) in [6.45, 7) is 5.33. The maximum Gasteiger partial charge on any atom is 0.0954 e. The van der Waals surface area contributed by atoms with E-state index in [1.54, 1.807) is 11.3 Å². The molecule has 0 bridgehead atoms. The summed E-state index contributed by atoms with van der Waals surface area (Å²) in [7, 11) is 0. The molecule has 3 nitrogen and oxygen atoms in total. The van der Waals surface area contributed by atoms with Gasteiger partial charge in [0.1, 0.15) is 0 Å². The number of hydrogen-bond acceptors (Lipinski definition) is 3. The van der Waals surface area contributed by atoms with Crippen molar-refractivity contribution < 1.29 is 0 Å². The summed E-state index contributed by atoms with van der Waals surface area (Å²) >= 11 is 1.75. The van der Waals surface area contributed by atoms with Gasteiger partial charge in [0.05, 0.1) is 17.6 Å². The topological polar surface area (TPSA) is 21.1 Å². The molecule has 4 heterocycles. The van der Waals surface area contributed by atoms with E-state index in [0.29, 0.717) is 0 Å². The van der Waals surface area contributed by atoms with Crippen molar-refractivity contribution in [1.29, 1.82) is 0 Å². The van der Waals surface area contributed by atoms with Crippen molar-refractivity contribution >= 4 is 17.0 Å². The zero-order valence-corrected chi connectivity index (χ0v) is 11.7. The van der Waals surface area contributed by atoms with Crippen LogP contribution < -0.4 is 4.90 Å². The Morgan fingerprint density at radius 1 is 1.42 bits per heavy atom. The van der Waals surface area contributed by atoms with Crippen LogP contribution in [-0.2, 0) is 12.0 Å². The van der Waals surface area contributed by atoms with Crippen LogP contribution in [-0.4, -0.2) is 16.1 Å². The van der Waals surface area contributed by atoms with Crippen LogP contribution in [0, 0.1) is 0 Å². The lowest BCUT2D eigenvalue weighted by molar-refractivity contribution is 0.258. The van der Waals surface area contributed by atoms with Crippen molar-refractivity contribution in [1.82, 2.24) is 9.55 Å². The Morgan fingerprint density at radius 2 is 2.37 bits per heavy atom. The molecule has 2 aromatic rings. The molecule has 2 aliphatic heterocycles. The van der Waals surface area contributed by atoms with E-state index in [9.17, 15) is 0 Å². The number of allylic oxidation sites excluding steroid dienone is 1. The van der Waals surface area contributed by atoms with Gasteiger partial charge in [-0.2, -0.15) is 11.3 Å². The molecule has 0 saturated carbocycles. The van der Waals surface area contributed by atoms with Gasteiger partial charge in [-0.25, -0.2) is 4.98 Å². The van der Waals surface area contributed by atoms with Gasteiger partial charge in [-0.15, -0.1) is 0 Å². The zero-order valence-electron chi connectivity index (χ0n) is 10.9. The Hall–Kier alpha value is -1.55. The van der Waals surface area contributed by atoms with E-state index in [2.05, 4.69) is 37.9 Å². The number of anilines is 1. The van der Waals surface area contributed by atoms with E-state index in [1.807, 2.05) is 12.5 Å². The summed E-state index contributed by atoms with van der Waals surface area (Å²) in [4.78, 5) is 6.73. The van der Waals surface area contributed by atoms with E-state index in [4.69, 9.17) is 0 Å². The maximum atomic E-state index is 4.35. The van der Waals surface area contributed by atoms with Crippen molar-refractivity contribution in [3.63, 3.8) is 0 Å². The summed E-state index contributed by atoms with van der Waals surface area (Å²) in [6.07, 6.45) is 8.74. The smallest absolute Gasteiger partial charge is 0.0954 e. The molecule has 0 N–H and O–H groups in total. The minimum atomic E-state index is 0.184. The lowest BCUT2D eigenvalue weighted by Gasteiger charge is -2.36. The first kappa shape index (κ1) is 11.3. The molecule has 1 spiro atoms. The van der Waals surface area contributed by atoms with E-state index in [0.717, 1.165) is 19.4 Å². The second-order valence-electron chi connectivity index (χ2n) is 5.64.